The van der Waals surface area contributed by atoms with Crippen LogP contribution in [0.5, 0.6) is 5.75 Å². The number of ether oxygens (including phenoxy) is 5. The number of imidazole rings is 1. The molecule has 0 N–H and O–H groups in total. The van der Waals surface area contributed by atoms with Gasteiger partial charge < -0.3 is 28.1 Å². The van der Waals surface area contributed by atoms with Crippen molar-refractivity contribution < 1.29 is 37.7 Å². The summed E-state index contributed by atoms with van der Waals surface area (Å²) in [6.07, 6.45) is -3.59. The Labute approximate surface area is 379 Å². The number of amides is 2. The number of anilines is 1. The van der Waals surface area contributed by atoms with E-state index in [9.17, 15) is 15.1 Å². The SMILES string of the molecule is COc1ccc(C(OC[C@H]2O[C@@H](n3cnc4c(N(C(=O)OC(C)(C)C)C(=O)OC(C)(C)C)nc(Cl)nc43)[C@H](O[Si](C)(C)C(C)(C)C)[C@H]2N=[N+]=[N-])(c2ccccc2)c2ccccc2)cc1. The number of hydrogen-bond acceptors (Lipinski definition) is 12. The molecule has 64 heavy (non-hydrogen) atoms. The van der Waals surface area contributed by atoms with Crippen LogP contribution in [0, 0.1) is 0 Å². The number of carbonyl (C=O) groups excluding carboxylic acids is 2. The van der Waals surface area contributed by atoms with Crippen LogP contribution in [0.15, 0.2) is 96.4 Å². The zero-order chi connectivity index (χ0) is 46.8. The summed E-state index contributed by atoms with van der Waals surface area (Å²) in [5, 5.41) is 3.74. The van der Waals surface area contributed by atoms with Crippen LogP contribution >= 0.6 is 11.6 Å². The van der Waals surface area contributed by atoms with E-state index >= 15 is 0 Å². The number of methoxy groups -OCH3 is 1. The molecule has 1 aliphatic rings. The summed E-state index contributed by atoms with van der Waals surface area (Å²) in [5.41, 5.74) is 9.57. The molecule has 2 aromatic heterocycles. The molecule has 3 aromatic carbocycles. The van der Waals surface area contributed by atoms with Crippen molar-refractivity contribution in [3.63, 3.8) is 0 Å². The third-order valence-electron chi connectivity index (χ3n) is 11.1. The Balaban J connectivity index is 1.51. The molecule has 3 heterocycles. The third-order valence-corrected chi connectivity index (χ3v) is 15.7. The second kappa shape index (κ2) is 18.5. The monoisotopic (exact) mass is 912 g/mol. The second-order valence-corrected chi connectivity index (χ2v) is 24.1. The molecule has 340 valence electrons. The van der Waals surface area contributed by atoms with Gasteiger partial charge in [0.1, 0.15) is 28.7 Å². The van der Waals surface area contributed by atoms with Crippen molar-refractivity contribution in [3.8, 4) is 5.75 Å². The highest BCUT2D eigenvalue weighted by atomic mass is 35.5. The van der Waals surface area contributed by atoms with Gasteiger partial charge in [-0.05, 0) is 106 Å². The van der Waals surface area contributed by atoms with E-state index in [1.807, 2.05) is 84.9 Å². The van der Waals surface area contributed by atoms with Crippen LogP contribution in [0.4, 0.5) is 15.4 Å². The minimum atomic E-state index is -2.67. The lowest BCUT2D eigenvalue weighted by atomic mass is 9.80. The molecule has 1 fully saturated rings. The molecule has 2 amide bonds. The number of nitrogens with zero attached hydrogens (tertiary/aromatic N) is 8. The molecule has 0 bridgehead atoms. The van der Waals surface area contributed by atoms with Crippen molar-refractivity contribution in [1.82, 2.24) is 19.5 Å². The Bertz CT molecular complexity index is 2410. The smallest absolute Gasteiger partial charge is 0.425 e. The molecule has 4 atom stereocenters. The van der Waals surface area contributed by atoms with Gasteiger partial charge in [0, 0.05) is 4.91 Å². The number of benzene rings is 3. The molecule has 0 radical (unpaired) electrons. The van der Waals surface area contributed by atoms with Gasteiger partial charge in [0.05, 0.1) is 32.2 Å². The summed E-state index contributed by atoms with van der Waals surface area (Å²) in [7, 11) is -1.06. The van der Waals surface area contributed by atoms with Crippen molar-refractivity contribution in [2.75, 3.05) is 18.6 Å². The quantitative estimate of drug-likeness (QED) is 0.0290. The summed E-state index contributed by atoms with van der Waals surface area (Å²) in [5.74, 6) is 0.397. The molecule has 0 unspecified atom stereocenters. The summed E-state index contributed by atoms with van der Waals surface area (Å²) < 4.78 is 39.8. The molecule has 5 aromatic rings. The lowest BCUT2D eigenvalue weighted by Gasteiger charge is -2.40. The highest BCUT2D eigenvalue weighted by Crippen LogP contribution is 2.46. The van der Waals surface area contributed by atoms with Crippen molar-refractivity contribution in [3.05, 3.63) is 124 Å². The van der Waals surface area contributed by atoms with Gasteiger partial charge in [-0.2, -0.15) is 14.9 Å². The van der Waals surface area contributed by atoms with Crippen molar-refractivity contribution in [2.45, 2.75) is 122 Å². The standard InChI is InChI=1S/C46H57ClN8O8Si/c1-43(2,3)61-41(56)55(42(57)62-44(4,5)6)38-35-37(50-40(47)51-38)54(28-49-35)39-36(63-64(11,12)45(7,8)9)34(52-53-48)33(60-39)27-59-46(29-19-15-13-16-20-29,30-21-17-14-18-22-30)31-23-25-32(58-10)26-24-31/h13-26,28,33-34,36,39H,27H2,1-12H3/t33-,34+,36-,39-/m1/s1. The van der Waals surface area contributed by atoms with E-state index in [2.05, 4.69) is 58.8 Å². The Kier molecular flexibility index (Phi) is 13.9. The van der Waals surface area contributed by atoms with E-state index in [0.29, 0.717) is 10.6 Å². The van der Waals surface area contributed by atoms with Crippen molar-refractivity contribution in [1.29, 1.82) is 0 Å². The first-order valence-corrected chi connectivity index (χ1v) is 24.2. The fourth-order valence-electron chi connectivity index (χ4n) is 7.13. The van der Waals surface area contributed by atoms with E-state index in [1.54, 1.807) is 53.2 Å². The maximum Gasteiger partial charge on any atom is 0.425 e. The van der Waals surface area contributed by atoms with Crippen LogP contribution < -0.4 is 9.64 Å². The zero-order valence-electron chi connectivity index (χ0n) is 38.4. The fraction of sp³-hybridized carbons (Fsp3) is 0.457. The first kappa shape index (κ1) is 47.9. The minimum absolute atomic E-state index is 0.00232. The minimum Gasteiger partial charge on any atom is -0.497 e. The van der Waals surface area contributed by atoms with E-state index in [1.165, 1.54) is 6.33 Å². The van der Waals surface area contributed by atoms with E-state index in [0.717, 1.165) is 16.7 Å². The van der Waals surface area contributed by atoms with E-state index < -0.39 is 61.8 Å². The lowest BCUT2D eigenvalue weighted by molar-refractivity contribution is -0.0851. The topological polar surface area (TPSA) is 185 Å². The van der Waals surface area contributed by atoms with Gasteiger partial charge in [-0.25, -0.2) is 14.6 Å². The molecular weight excluding hydrogens is 856 g/mol. The summed E-state index contributed by atoms with van der Waals surface area (Å²) >= 11 is 6.63. The van der Waals surface area contributed by atoms with Gasteiger partial charge in [-0.15, -0.1) is 0 Å². The zero-order valence-corrected chi connectivity index (χ0v) is 40.2. The summed E-state index contributed by atoms with van der Waals surface area (Å²) in [6.45, 7) is 20.4. The number of rotatable bonds is 12. The normalized spacial score (nSPS) is 18.3. The lowest BCUT2D eigenvalue weighted by Crippen LogP contribution is -2.48. The van der Waals surface area contributed by atoms with E-state index in [-0.39, 0.29) is 33.9 Å². The number of imide groups is 1. The number of aromatic nitrogens is 4. The number of carbonyl (C=O) groups is 2. The average molecular weight is 914 g/mol. The van der Waals surface area contributed by atoms with E-state index in [4.69, 9.17) is 39.7 Å². The molecule has 0 aliphatic carbocycles. The number of hydrogen-bond donors (Lipinski definition) is 0. The molecule has 16 nitrogen and oxygen atoms in total. The van der Waals surface area contributed by atoms with Crippen LogP contribution in [0.25, 0.3) is 21.6 Å². The first-order chi connectivity index (χ1) is 30.0. The van der Waals surface area contributed by atoms with Crippen LogP contribution in [0.1, 0.15) is 85.2 Å². The van der Waals surface area contributed by atoms with Crippen LogP contribution in [-0.2, 0) is 29.0 Å². The van der Waals surface area contributed by atoms with Gasteiger partial charge in [-0.3, -0.25) is 4.57 Å². The Hall–Kier alpha value is -5.55. The molecule has 1 saturated heterocycles. The fourth-order valence-corrected chi connectivity index (χ4v) is 8.58. The molecular formula is C46H57ClN8O8Si. The summed E-state index contributed by atoms with van der Waals surface area (Å²) in [4.78, 5) is 45.1. The van der Waals surface area contributed by atoms with Crippen LogP contribution in [0.3, 0.4) is 0 Å². The van der Waals surface area contributed by atoms with Crippen molar-refractivity contribution in [2.24, 2.45) is 5.11 Å². The van der Waals surface area contributed by atoms with Gasteiger partial charge in [0.2, 0.25) is 5.28 Å². The largest absolute Gasteiger partial charge is 0.497 e. The Morgan fingerprint density at radius 1 is 0.844 bits per heavy atom. The maximum absolute atomic E-state index is 13.8. The highest BCUT2D eigenvalue weighted by molar-refractivity contribution is 6.74. The second-order valence-electron chi connectivity index (χ2n) is 19.0. The van der Waals surface area contributed by atoms with Crippen LogP contribution in [-0.4, -0.2) is 83.2 Å². The van der Waals surface area contributed by atoms with Crippen LogP contribution in [0.2, 0.25) is 23.4 Å². The number of halogens is 1. The maximum atomic E-state index is 13.8. The highest BCUT2D eigenvalue weighted by Gasteiger charge is 2.52. The van der Waals surface area contributed by atoms with Gasteiger partial charge in [0.15, 0.2) is 31.5 Å². The predicted molar refractivity (Wildman–Crippen MR) is 246 cm³/mol. The molecule has 0 saturated carbocycles. The Morgan fingerprint density at radius 3 is 1.86 bits per heavy atom. The van der Waals surface area contributed by atoms with Crippen molar-refractivity contribution >= 4 is 49.1 Å². The molecule has 18 heteroatoms. The predicted octanol–water partition coefficient (Wildman–Crippen LogP) is 11.1. The van der Waals surface area contributed by atoms with Gasteiger partial charge >= 0.3 is 12.2 Å². The third kappa shape index (κ3) is 10.2. The van der Waals surface area contributed by atoms with Gasteiger partial charge in [0.25, 0.3) is 0 Å². The molecule has 6 rings (SSSR count). The number of fused-ring (bicyclic) bond motifs is 1. The average Bonchev–Trinajstić information content (AvgIpc) is 3.78. The van der Waals surface area contributed by atoms with Gasteiger partial charge in [-0.1, -0.05) is 98.7 Å². The molecule has 1 aliphatic heterocycles. The first-order valence-electron chi connectivity index (χ1n) is 20.9. The summed E-state index contributed by atoms with van der Waals surface area (Å²) in [6, 6.07) is 26.4. The Morgan fingerprint density at radius 2 is 1.38 bits per heavy atom. The number of azide groups is 1. The molecule has 0 spiro atoms.